The highest BCUT2D eigenvalue weighted by Gasteiger charge is 2.06. The Bertz CT molecular complexity index is 590. The number of halogens is 2. The average Bonchev–Trinajstić information content (AvgIpc) is 2.34. The molecule has 2 nitrogen and oxygen atoms in total. The summed E-state index contributed by atoms with van der Waals surface area (Å²) in [6.45, 7) is 0. The van der Waals surface area contributed by atoms with Crippen molar-refractivity contribution in [3.8, 4) is 6.07 Å². The van der Waals surface area contributed by atoms with Crippen molar-refractivity contribution in [1.29, 1.82) is 5.26 Å². The normalized spacial score (nSPS) is 9.71. The molecule has 0 heterocycles. The molecule has 84 valence electrons. The second-order valence-electron chi connectivity index (χ2n) is 3.41. The van der Waals surface area contributed by atoms with E-state index in [0.717, 1.165) is 0 Å². The van der Waals surface area contributed by atoms with Crippen LogP contribution in [0.4, 0.5) is 15.8 Å². The predicted octanol–water partition coefficient (Wildman–Crippen LogP) is 4.09. The third-order valence-corrected chi connectivity index (χ3v) is 2.48. The summed E-state index contributed by atoms with van der Waals surface area (Å²) in [4.78, 5) is 0. The van der Waals surface area contributed by atoms with Gasteiger partial charge >= 0.3 is 0 Å². The molecule has 0 saturated heterocycles. The van der Waals surface area contributed by atoms with Gasteiger partial charge in [-0.25, -0.2) is 4.39 Å². The number of anilines is 2. The van der Waals surface area contributed by atoms with Gasteiger partial charge in [-0.05, 0) is 30.3 Å². The number of nitriles is 1. The van der Waals surface area contributed by atoms with E-state index in [1.54, 1.807) is 24.3 Å². The minimum absolute atomic E-state index is 0.250. The van der Waals surface area contributed by atoms with E-state index in [0.29, 0.717) is 16.3 Å². The Balaban J connectivity index is 2.38. The van der Waals surface area contributed by atoms with E-state index in [2.05, 4.69) is 5.32 Å². The number of nitrogens with one attached hydrogen (secondary N) is 1. The van der Waals surface area contributed by atoms with Crippen molar-refractivity contribution in [1.82, 2.24) is 0 Å². The van der Waals surface area contributed by atoms with Gasteiger partial charge < -0.3 is 5.32 Å². The van der Waals surface area contributed by atoms with Crippen LogP contribution in [0.25, 0.3) is 0 Å². The molecule has 0 bridgehead atoms. The fourth-order valence-electron chi connectivity index (χ4n) is 1.43. The third kappa shape index (κ3) is 2.55. The molecule has 0 aliphatic rings. The highest BCUT2D eigenvalue weighted by molar-refractivity contribution is 6.30. The van der Waals surface area contributed by atoms with Crippen LogP contribution in [0.2, 0.25) is 5.02 Å². The van der Waals surface area contributed by atoms with Crippen molar-refractivity contribution >= 4 is 23.0 Å². The van der Waals surface area contributed by atoms with Gasteiger partial charge in [-0.2, -0.15) is 5.26 Å². The smallest absolute Gasteiger partial charge is 0.146 e. The van der Waals surface area contributed by atoms with Crippen molar-refractivity contribution in [3.05, 3.63) is 58.9 Å². The van der Waals surface area contributed by atoms with Gasteiger partial charge in [-0.15, -0.1) is 0 Å². The van der Waals surface area contributed by atoms with Gasteiger partial charge in [-0.1, -0.05) is 23.7 Å². The van der Waals surface area contributed by atoms with Gasteiger partial charge in [0.15, 0.2) is 0 Å². The summed E-state index contributed by atoms with van der Waals surface area (Å²) in [7, 11) is 0. The molecule has 4 heteroatoms. The molecule has 0 atom stereocenters. The second-order valence-corrected chi connectivity index (χ2v) is 3.84. The molecule has 2 aromatic rings. The van der Waals surface area contributed by atoms with E-state index in [1.165, 1.54) is 18.2 Å². The minimum Gasteiger partial charge on any atom is -0.352 e. The standard InChI is InChI=1S/C13H8ClFN2/c14-10-5-6-11(15)13(7-10)17-12-4-2-1-3-9(12)8-16/h1-7,17H. The SMILES string of the molecule is N#Cc1ccccc1Nc1cc(Cl)ccc1F. The lowest BCUT2D eigenvalue weighted by molar-refractivity contribution is 0.632. The molecule has 17 heavy (non-hydrogen) atoms. The van der Waals surface area contributed by atoms with E-state index in [-0.39, 0.29) is 5.69 Å². The molecule has 0 saturated carbocycles. The first kappa shape index (κ1) is 11.4. The molecule has 0 aliphatic heterocycles. The lowest BCUT2D eigenvalue weighted by Gasteiger charge is -2.09. The summed E-state index contributed by atoms with van der Waals surface area (Å²) >= 11 is 5.79. The monoisotopic (exact) mass is 246 g/mol. The zero-order chi connectivity index (χ0) is 12.3. The van der Waals surface area contributed by atoms with Crippen LogP contribution in [-0.4, -0.2) is 0 Å². The highest BCUT2D eigenvalue weighted by atomic mass is 35.5. The minimum atomic E-state index is -0.415. The van der Waals surface area contributed by atoms with Crippen LogP contribution in [0.15, 0.2) is 42.5 Å². The van der Waals surface area contributed by atoms with Crippen molar-refractivity contribution < 1.29 is 4.39 Å². The van der Waals surface area contributed by atoms with Crippen LogP contribution in [-0.2, 0) is 0 Å². The molecular weight excluding hydrogens is 239 g/mol. The molecule has 0 spiro atoms. The van der Waals surface area contributed by atoms with Gasteiger partial charge in [-0.3, -0.25) is 0 Å². The van der Waals surface area contributed by atoms with Gasteiger partial charge in [0.1, 0.15) is 11.9 Å². The summed E-state index contributed by atoms with van der Waals surface area (Å²) in [5.41, 5.74) is 1.25. The maximum absolute atomic E-state index is 13.5. The van der Waals surface area contributed by atoms with Crippen molar-refractivity contribution in [2.24, 2.45) is 0 Å². The molecular formula is C13H8ClFN2. The number of benzene rings is 2. The Morgan fingerprint density at radius 3 is 2.65 bits per heavy atom. The quantitative estimate of drug-likeness (QED) is 0.866. The summed E-state index contributed by atoms with van der Waals surface area (Å²) in [5, 5.41) is 12.2. The maximum Gasteiger partial charge on any atom is 0.146 e. The summed E-state index contributed by atoms with van der Waals surface area (Å²) in [6.07, 6.45) is 0. The van der Waals surface area contributed by atoms with Crippen LogP contribution < -0.4 is 5.32 Å². The van der Waals surface area contributed by atoms with E-state index in [1.807, 2.05) is 6.07 Å². The molecule has 0 unspecified atom stereocenters. The summed E-state index contributed by atoms with van der Waals surface area (Å²) in [5.74, 6) is -0.415. The predicted molar refractivity (Wildman–Crippen MR) is 65.8 cm³/mol. The van der Waals surface area contributed by atoms with E-state index in [9.17, 15) is 4.39 Å². The Hall–Kier alpha value is -2.05. The topological polar surface area (TPSA) is 35.8 Å². The molecule has 0 aromatic heterocycles. The fourth-order valence-corrected chi connectivity index (χ4v) is 1.60. The summed E-state index contributed by atoms with van der Waals surface area (Å²) in [6, 6.07) is 13.1. The van der Waals surface area contributed by atoms with Crippen LogP contribution in [0.3, 0.4) is 0 Å². The number of hydrogen-bond acceptors (Lipinski definition) is 2. The Labute approximate surface area is 103 Å². The van der Waals surface area contributed by atoms with Gasteiger partial charge in [0.25, 0.3) is 0 Å². The number of rotatable bonds is 2. The van der Waals surface area contributed by atoms with Crippen LogP contribution >= 0.6 is 11.6 Å². The molecule has 0 amide bonds. The van der Waals surface area contributed by atoms with E-state index in [4.69, 9.17) is 16.9 Å². The Morgan fingerprint density at radius 2 is 1.88 bits per heavy atom. The fraction of sp³-hybridized carbons (Fsp3) is 0. The van der Waals surface area contributed by atoms with E-state index >= 15 is 0 Å². The first-order chi connectivity index (χ1) is 8.20. The van der Waals surface area contributed by atoms with Gasteiger partial charge in [0, 0.05) is 5.02 Å². The number of para-hydroxylation sites is 1. The molecule has 2 aromatic carbocycles. The van der Waals surface area contributed by atoms with Gasteiger partial charge in [0.05, 0.1) is 16.9 Å². The lowest BCUT2D eigenvalue weighted by Crippen LogP contribution is -1.95. The Kier molecular flexibility index (Phi) is 3.27. The van der Waals surface area contributed by atoms with Crippen molar-refractivity contribution in [2.45, 2.75) is 0 Å². The second kappa shape index (κ2) is 4.86. The largest absolute Gasteiger partial charge is 0.352 e. The lowest BCUT2D eigenvalue weighted by atomic mass is 10.2. The maximum atomic E-state index is 13.5. The molecule has 0 aliphatic carbocycles. The van der Waals surface area contributed by atoms with Crippen molar-refractivity contribution in [2.75, 3.05) is 5.32 Å². The zero-order valence-electron chi connectivity index (χ0n) is 8.74. The summed E-state index contributed by atoms with van der Waals surface area (Å²) < 4.78 is 13.5. The van der Waals surface area contributed by atoms with Crippen LogP contribution in [0.1, 0.15) is 5.56 Å². The average molecular weight is 247 g/mol. The van der Waals surface area contributed by atoms with E-state index < -0.39 is 5.82 Å². The molecule has 0 radical (unpaired) electrons. The number of nitrogens with zero attached hydrogens (tertiary/aromatic N) is 1. The molecule has 0 fully saturated rings. The van der Waals surface area contributed by atoms with Gasteiger partial charge in [0.2, 0.25) is 0 Å². The van der Waals surface area contributed by atoms with Crippen molar-refractivity contribution in [3.63, 3.8) is 0 Å². The number of hydrogen-bond donors (Lipinski definition) is 1. The van der Waals surface area contributed by atoms with Crippen LogP contribution in [0.5, 0.6) is 0 Å². The van der Waals surface area contributed by atoms with Crippen LogP contribution in [0, 0.1) is 17.1 Å². The zero-order valence-corrected chi connectivity index (χ0v) is 9.50. The Morgan fingerprint density at radius 1 is 1.12 bits per heavy atom. The molecule has 2 rings (SSSR count). The molecule has 1 N–H and O–H groups in total. The first-order valence-electron chi connectivity index (χ1n) is 4.92. The highest BCUT2D eigenvalue weighted by Crippen LogP contribution is 2.25. The first-order valence-corrected chi connectivity index (χ1v) is 5.29. The third-order valence-electron chi connectivity index (χ3n) is 2.25.